The third-order valence-corrected chi connectivity index (χ3v) is 5.82. The maximum atomic E-state index is 12.8. The van der Waals surface area contributed by atoms with Gasteiger partial charge in [-0.1, -0.05) is 11.6 Å². The van der Waals surface area contributed by atoms with Gasteiger partial charge in [0.1, 0.15) is 29.2 Å². The second-order valence-electron chi connectivity index (χ2n) is 7.34. The van der Waals surface area contributed by atoms with Crippen LogP contribution in [0.3, 0.4) is 0 Å². The molecule has 1 aliphatic heterocycles. The number of methoxy groups -OCH3 is 1. The summed E-state index contributed by atoms with van der Waals surface area (Å²) in [4.78, 5) is 15.0. The molecule has 1 aliphatic rings. The Morgan fingerprint density at radius 2 is 1.77 bits per heavy atom. The molecule has 1 aromatic heterocycles. The van der Waals surface area contributed by atoms with Crippen molar-refractivity contribution in [1.82, 2.24) is 4.57 Å². The summed E-state index contributed by atoms with van der Waals surface area (Å²) in [5, 5.41) is 11.3. The van der Waals surface area contributed by atoms with E-state index in [1.54, 1.807) is 14.2 Å². The van der Waals surface area contributed by atoms with Gasteiger partial charge in [-0.25, -0.2) is 0 Å². The molecule has 0 unspecified atom stereocenters. The second kappa shape index (κ2) is 8.29. The number of aromatic nitrogens is 1. The summed E-state index contributed by atoms with van der Waals surface area (Å²) in [5.41, 5.74) is 1.32. The van der Waals surface area contributed by atoms with E-state index in [0.717, 1.165) is 29.5 Å². The third-order valence-electron chi connectivity index (χ3n) is 5.56. The van der Waals surface area contributed by atoms with Crippen LogP contribution in [0.4, 0.5) is 5.69 Å². The lowest BCUT2D eigenvalue weighted by molar-refractivity contribution is 0.171. The molecule has 7 heteroatoms. The second-order valence-corrected chi connectivity index (χ2v) is 7.78. The van der Waals surface area contributed by atoms with Gasteiger partial charge in [0, 0.05) is 49.5 Å². The van der Waals surface area contributed by atoms with E-state index < -0.39 is 0 Å². The van der Waals surface area contributed by atoms with Crippen LogP contribution in [0, 0.1) is 11.3 Å². The molecule has 6 nitrogen and oxygen atoms in total. The zero-order chi connectivity index (χ0) is 21.3. The maximum Gasteiger partial charge on any atom is 0.270 e. The predicted molar refractivity (Wildman–Crippen MR) is 118 cm³/mol. The lowest BCUT2D eigenvalue weighted by Crippen LogP contribution is -2.40. The van der Waals surface area contributed by atoms with E-state index in [-0.39, 0.29) is 17.2 Å². The van der Waals surface area contributed by atoms with Gasteiger partial charge in [0.15, 0.2) is 0 Å². The van der Waals surface area contributed by atoms with E-state index in [1.807, 2.05) is 42.5 Å². The Labute approximate surface area is 179 Å². The monoisotopic (exact) mass is 423 g/mol. The van der Waals surface area contributed by atoms with Crippen LogP contribution in [0.15, 0.2) is 47.3 Å². The summed E-state index contributed by atoms with van der Waals surface area (Å²) in [5.74, 6) is 1.46. The summed E-state index contributed by atoms with van der Waals surface area (Å²) >= 11 is 5.94. The topological polar surface area (TPSA) is 67.5 Å². The minimum absolute atomic E-state index is 0.0749. The lowest BCUT2D eigenvalue weighted by atomic mass is 10.0. The molecule has 0 atom stereocenters. The summed E-state index contributed by atoms with van der Waals surface area (Å²) in [7, 11) is 3.27. The fourth-order valence-corrected chi connectivity index (χ4v) is 4.09. The number of nitriles is 1. The number of piperidine rings is 1. The van der Waals surface area contributed by atoms with Crippen LogP contribution in [0.5, 0.6) is 11.5 Å². The van der Waals surface area contributed by atoms with Crippen LogP contribution in [0.25, 0.3) is 10.9 Å². The molecule has 1 saturated heterocycles. The standard InChI is InChI=1S/C23H22ClN3O3/c1-26-21-13-18(29-2)7-8-19(21)22(20(14-25)23(26)28)27-11-9-17(10-12-27)30-16-5-3-15(24)4-6-16/h3-8,13,17H,9-12H2,1-2H3. The largest absolute Gasteiger partial charge is 0.497 e. The quantitative estimate of drug-likeness (QED) is 0.631. The van der Waals surface area contributed by atoms with Crippen LogP contribution < -0.4 is 19.9 Å². The first-order chi connectivity index (χ1) is 14.5. The van der Waals surface area contributed by atoms with E-state index in [1.165, 1.54) is 4.57 Å². The summed E-state index contributed by atoms with van der Waals surface area (Å²) < 4.78 is 12.9. The molecule has 0 aliphatic carbocycles. The number of halogens is 1. The van der Waals surface area contributed by atoms with Crippen molar-refractivity contribution < 1.29 is 9.47 Å². The molecule has 3 aromatic rings. The van der Waals surface area contributed by atoms with Gasteiger partial charge >= 0.3 is 0 Å². The molecule has 2 aromatic carbocycles. The van der Waals surface area contributed by atoms with Gasteiger partial charge in [0.25, 0.3) is 5.56 Å². The van der Waals surface area contributed by atoms with E-state index in [9.17, 15) is 10.1 Å². The highest BCUT2D eigenvalue weighted by atomic mass is 35.5. The number of pyridine rings is 1. The Balaban J connectivity index is 1.63. The van der Waals surface area contributed by atoms with Crippen LogP contribution in [-0.2, 0) is 7.05 Å². The van der Waals surface area contributed by atoms with Gasteiger partial charge in [0.05, 0.1) is 18.3 Å². The zero-order valence-corrected chi connectivity index (χ0v) is 17.6. The van der Waals surface area contributed by atoms with E-state index in [0.29, 0.717) is 29.5 Å². The summed E-state index contributed by atoms with van der Waals surface area (Å²) in [6, 6.07) is 15.1. The molecule has 0 N–H and O–H groups in total. The third kappa shape index (κ3) is 3.69. The van der Waals surface area contributed by atoms with Crippen molar-refractivity contribution >= 4 is 28.2 Å². The molecule has 1 fully saturated rings. The zero-order valence-electron chi connectivity index (χ0n) is 16.9. The number of aryl methyl sites for hydroxylation is 1. The summed E-state index contributed by atoms with van der Waals surface area (Å²) in [6.45, 7) is 1.39. The molecule has 0 saturated carbocycles. The Morgan fingerprint density at radius 1 is 1.10 bits per heavy atom. The van der Waals surface area contributed by atoms with Crippen molar-refractivity contribution in [2.75, 3.05) is 25.1 Å². The fourth-order valence-electron chi connectivity index (χ4n) is 3.96. The molecule has 30 heavy (non-hydrogen) atoms. The van der Waals surface area contributed by atoms with Crippen molar-refractivity contribution in [1.29, 1.82) is 5.26 Å². The Bertz CT molecular complexity index is 1170. The van der Waals surface area contributed by atoms with Gasteiger partial charge in [-0.3, -0.25) is 4.79 Å². The number of ether oxygens (including phenoxy) is 2. The highest BCUT2D eigenvalue weighted by Crippen LogP contribution is 2.33. The fraction of sp³-hybridized carbons (Fsp3) is 0.304. The number of rotatable bonds is 4. The van der Waals surface area contributed by atoms with Crippen LogP contribution in [0.2, 0.25) is 5.02 Å². The molecule has 0 spiro atoms. The van der Waals surface area contributed by atoms with Crippen molar-refractivity contribution in [3.05, 3.63) is 63.4 Å². The van der Waals surface area contributed by atoms with E-state index >= 15 is 0 Å². The van der Waals surface area contributed by atoms with Crippen molar-refractivity contribution in [2.45, 2.75) is 18.9 Å². The first kappa shape index (κ1) is 20.1. The number of benzene rings is 2. The van der Waals surface area contributed by atoms with Gasteiger partial charge in [-0.15, -0.1) is 0 Å². The lowest BCUT2D eigenvalue weighted by Gasteiger charge is -2.35. The van der Waals surface area contributed by atoms with Gasteiger partial charge in [-0.2, -0.15) is 5.26 Å². The minimum atomic E-state index is -0.298. The number of fused-ring (bicyclic) bond motifs is 1. The first-order valence-electron chi connectivity index (χ1n) is 9.80. The number of hydrogen-bond acceptors (Lipinski definition) is 5. The normalized spacial score (nSPS) is 14.5. The van der Waals surface area contributed by atoms with Gasteiger partial charge in [0.2, 0.25) is 0 Å². The van der Waals surface area contributed by atoms with Crippen LogP contribution in [0.1, 0.15) is 18.4 Å². The minimum Gasteiger partial charge on any atom is -0.497 e. The van der Waals surface area contributed by atoms with Crippen LogP contribution in [-0.4, -0.2) is 30.9 Å². The number of nitrogens with zero attached hydrogens (tertiary/aromatic N) is 3. The van der Waals surface area contributed by atoms with Crippen molar-refractivity contribution in [2.24, 2.45) is 7.05 Å². The van der Waals surface area contributed by atoms with E-state index in [4.69, 9.17) is 21.1 Å². The van der Waals surface area contributed by atoms with E-state index in [2.05, 4.69) is 11.0 Å². The van der Waals surface area contributed by atoms with Gasteiger partial charge < -0.3 is 18.9 Å². The molecule has 0 radical (unpaired) electrons. The molecular weight excluding hydrogens is 402 g/mol. The first-order valence-corrected chi connectivity index (χ1v) is 10.2. The molecule has 2 heterocycles. The molecule has 0 bridgehead atoms. The SMILES string of the molecule is COc1ccc2c(N3CCC(Oc4ccc(Cl)cc4)CC3)c(C#N)c(=O)n(C)c2c1. The summed E-state index contributed by atoms with van der Waals surface area (Å²) in [6.07, 6.45) is 1.66. The predicted octanol–water partition coefficient (Wildman–Crippen LogP) is 4.12. The average Bonchev–Trinajstić information content (AvgIpc) is 2.78. The smallest absolute Gasteiger partial charge is 0.270 e. The van der Waals surface area contributed by atoms with Crippen molar-refractivity contribution in [3.8, 4) is 17.6 Å². The molecule has 154 valence electrons. The highest BCUT2D eigenvalue weighted by molar-refractivity contribution is 6.30. The number of hydrogen-bond donors (Lipinski definition) is 0. The Morgan fingerprint density at radius 3 is 2.40 bits per heavy atom. The molecule has 4 rings (SSSR count). The van der Waals surface area contributed by atoms with Crippen LogP contribution >= 0.6 is 11.6 Å². The Kier molecular flexibility index (Phi) is 5.56. The maximum absolute atomic E-state index is 12.8. The highest BCUT2D eigenvalue weighted by Gasteiger charge is 2.26. The van der Waals surface area contributed by atoms with Crippen molar-refractivity contribution in [3.63, 3.8) is 0 Å². The molecular formula is C23H22ClN3O3. The average molecular weight is 424 g/mol. The Hall–Kier alpha value is -3.17. The number of anilines is 1. The molecule has 0 amide bonds. The van der Waals surface area contributed by atoms with Gasteiger partial charge in [-0.05, 0) is 36.4 Å².